The van der Waals surface area contributed by atoms with Gasteiger partial charge in [0.15, 0.2) is 6.61 Å². The molecule has 1 amide bonds. The summed E-state index contributed by atoms with van der Waals surface area (Å²) < 4.78 is 10.9. The van der Waals surface area contributed by atoms with Gasteiger partial charge in [-0.1, -0.05) is 6.07 Å². The molecule has 1 saturated carbocycles. The van der Waals surface area contributed by atoms with Crippen LogP contribution in [0.1, 0.15) is 18.4 Å². The summed E-state index contributed by atoms with van der Waals surface area (Å²) in [6, 6.07) is 6.34. The Labute approximate surface area is 119 Å². The van der Waals surface area contributed by atoms with Gasteiger partial charge in [-0.15, -0.1) is 0 Å². The minimum atomic E-state index is -0.0612. The molecule has 1 aliphatic rings. The number of hydrogen-bond donors (Lipinski definition) is 1. The maximum atomic E-state index is 11.6. The number of hydrogen-bond acceptors (Lipinski definition) is 4. The van der Waals surface area contributed by atoms with Crippen molar-refractivity contribution in [3.8, 4) is 11.5 Å². The first kappa shape index (κ1) is 14.7. The Morgan fingerprint density at radius 1 is 1.40 bits per heavy atom. The molecule has 0 unspecified atom stereocenters. The second-order valence-electron chi connectivity index (χ2n) is 5.21. The van der Waals surface area contributed by atoms with Crippen molar-refractivity contribution in [3.63, 3.8) is 0 Å². The summed E-state index contributed by atoms with van der Waals surface area (Å²) in [7, 11) is 5.05. The van der Waals surface area contributed by atoms with E-state index in [0.717, 1.165) is 17.9 Å². The molecule has 1 N–H and O–H groups in total. The highest BCUT2D eigenvalue weighted by atomic mass is 16.5. The molecule has 1 aromatic rings. The molecule has 1 fully saturated rings. The van der Waals surface area contributed by atoms with E-state index in [9.17, 15) is 4.79 Å². The lowest BCUT2D eigenvalue weighted by Crippen LogP contribution is -2.28. The van der Waals surface area contributed by atoms with Crippen LogP contribution in [-0.4, -0.2) is 44.7 Å². The Morgan fingerprint density at radius 3 is 2.75 bits per heavy atom. The first-order valence-corrected chi connectivity index (χ1v) is 6.83. The second kappa shape index (κ2) is 6.61. The van der Waals surface area contributed by atoms with Crippen molar-refractivity contribution < 1.29 is 14.3 Å². The second-order valence-corrected chi connectivity index (χ2v) is 5.21. The summed E-state index contributed by atoms with van der Waals surface area (Å²) in [6.45, 7) is 0.788. The third-order valence-corrected chi connectivity index (χ3v) is 3.28. The summed E-state index contributed by atoms with van der Waals surface area (Å²) in [4.78, 5) is 13.1. The van der Waals surface area contributed by atoms with Gasteiger partial charge in [0.05, 0.1) is 7.11 Å². The topological polar surface area (TPSA) is 50.8 Å². The van der Waals surface area contributed by atoms with Crippen molar-refractivity contribution in [1.29, 1.82) is 0 Å². The van der Waals surface area contributed by atoms with Crippen LogP contribution in [-0.2, 0) is 11.3 Å². The van der Waals surface area contributed by atoms with Crippen LogP contribution in [0.2, 0.25) is 0 Å². The lowest BCUT2D eigenvalue weighted by molar-refractivity contribution is -0.130. The van der Waals surface area contributed by atoms with Gasteiger partial charge in [-0.25, -0.2) is 0 Å². The predicted octanol–water partition coefficient (Wildman–Crippen LogP) is 1.41. The van der Waals surface area contributed by atoms with Gasteiger partial charge in [-0.2, -0.15) is 0 Å². The highest BCUT2D eigenvalue weighted by molar-refractivity contribution is 5.77. The van der Waals surface area contributed by atoms with E-state index >= 15 is 0 Å². The zero-order valence-corrected chi connectivity index (χ0v) is 12.3. The van der Waals surface area contributed by atoms with E-state index in [0.29, 0.717) is 11.8 Å². The zero-order chi connectivity index (χ0) is 14.5. The van der Waals surface area contributed by atoms with E-state index in [-0.39, 0.29) is 12.5 Å². The number of ether oxygens (including phenoxy) is 2. The van der Waals surface area contributed by atoms with E-state index in [2.05, 4.69) is 5.32 Å². The van der Waals surface area contributed by atoms with Crippen molar-refractivity contribution >= 4 is 5.91 Å². The lowest BCUT2D eigenvalue weighted by Gasteiger charge is -2.15. The van der Waals surface area contributed by atoms with Gasteiger partial charge in [0.2, 0.25) is 0 Å². The average molecular weight is 278 g/mol. The molecule has 0 atom stereocenters. The Hall–Kier alpha value is -1.75. The maximum absolute atomic E-state index is 11.6. The number of carbonyl (C=O) groups excluding carboxylic acids is 1. The Balaban J connectivity index is 2.03. The number of nitrogens with zero attached hydrogens (tertiary/aromatic N) is 1. The number of methoxy groups -OCH3 is 1. The quantitative estimate of drug-likeness (QED) is 0.819. The zero-order valence-electron chi connectivity index (χ0n) is 12.3. The number of likely N-dealkylation sites (N-methyl/N-ethyl adjacent to an activating group) is 1. The molecule has 5 nitrogen and oxygen atoms in total. The molecule has 0 heterocycles. The Morgan fingerprint density at radius 2 is 2.15 bits per heavy atom. The monoisotopic (exact) mass is 278 g/mol. The number of amides is 1. The standard InChI is InChI=1S/C15H22N2O3/c1-17(2)15(18)10-20-14-8-13(19-3)7-4-11(14)9-16-12-5-6-12/h4,7-8,12,16H,5-6,9-10H2,1-3H3. The fourth-order valence-electron chi connectivity index (χ4n) is 1.75. The lowest BCUT2D eigenvalue weighted by atomic mass is 10.2. The predicted molar refractivity (Wildman–Crippen MR) is 77.0 cm³/mol. The van der Waals surface area contributed by atoms with Crippen LogP contribution in [0, 0.1) is 0 Å². The van der Waals surface area contributed by atoms with Gasteiger partial charge in [-0.3, -0.25) is 4.79 Å². The maximum Gasteiger partial charge on any atom is 0.259 e. The summed E-state index contributed by atoms with van der Waals surface area (Å²) in [5.41, 5.74) is 1.05. The molecule has 0 saturated heterocycles. The van der Waals surface area contributed by atoms with Crippen molar-refractivity contribution in [3.05, 3.63) is 23.8 Å². The van der Waals surface area contributed by atoms with Gasteiger partial charge in [-0.05, 0) is 18.9 Å². The molecule has 20 heavy (non-hydrogen) atoms. The largest absolute Gasteiger partial charge is 0.497 e. The van der Waals surface area contributed by atoms with Crippen molar-refractivity contribution in [2.24, 2.45) is 0 Å². The van der Waals surface area contributed by atoms with Gasteiger partial charge >= 0.3 is 0 Å². The summed E-state index contributed by atoms with van der Waals surface area (Å²) in [5.74, 6) is 1.37. The van der Waals surface area contributed by atoms with Gasteiger partial charge < -0.3 is 19.7 Å². The van der Waals surface area contributed by atoms with Gasteiger partial charge in [0.1, 0.15) is 11.5 Å². The minimum absolute atomic E-state index is 0.0383. The molecule has 1 aromatic carbocycles. The average Bonchev–Trinajstić information content (AvgIpc) is 3.26. The van der Waals surface area contributed by atoms with Crippen molar-refractivity contribution in [2.75, 3.05) is 27.8 Å². The molecule has 0 radical (unpaired) electrons. The van der Waals surface area contributed by atoms with E-state index in [1.54, 1.807) is 21.2 Å². The van der Waals surface area contributed by atoms with Gasteiger partial charge in [0, 0.05) is 38.3 Å². The van der Waals surface area contributed by atoms with Gasteiger partial charge in [0.25, 0.3) is 5.91 Å². The van der Waals surface area contributed by atoms with Crippen LogP contribution in [0.3, 0.4) is 0 Å². The Bertz CT molecular complexity index is 470. The fourth-order valence-corrected chi connectivity index (χ4v) is 1.75. The number of rotatable bonds is 7. The SMILES string of the molecule is COc1ccc(CNC2CC2)c(OCC(=O)N(C)C)c1. The highest BCUT2D eigenvalue weighted by Crippen LogP contribution is 2.26. The first-order valence-electron chi connectivity index (χ1n) is 6.83. The molecule has 0 spiro atoms. The molecule has 0 bridgehead atoms. The molecule has 0 aliphatic heterocycles. The van der Waals surface area contributed by atoms with Crippen LogP contribution < -0.4 is 14.8 Å². The molecular weight excluding hydrogens is 256 g/mol. The van der Waals surface area contributed by atoms with E-state index in [1.807, 2.05) is 18.2 Å². The smallest absolute Gasteiger partial charge is 0.259 e. The first-order chi connectivity index (χ1) is 9.60. The minimum Gasteiger partial charge on any atom is -0.497 e. The molecule has 1 aliphatic carbocycles. The summed E-state index contributed by atoms with van der Waals surface area (Å²) in [6.07, 6.45) is 2.48. The van der Waals surface area contributed by atoms with E-state index in [4.69, 9.17) is 9.47 Å². The fraction of sp³-hybridized carbons (Fsp3) is 0.533. The molecule has 2 rings (SSSR count). The van der Waals surface area contributed by atoms with E-state index < -0.39 is 0 Å². The number of nitrogens with one attached hydrogen (secondary N) is 1. The van der Waals surface area contributed by atoms with Crippen molar-refractivity contribution in [2.45, 2.75) is 25.4 Å². The molecular formula is C15H22N2O3. The Kier molecular flexibility index (Phi) is 4.84. The van der Waals surface area contributed by atoms with Crippen molar-refractivity contribution in [1.82, 2.24) is 10.2 Å². The third kappa shape index (κ3) is 4.13. The van der Waals surface area contributed by atoms with Crippen LogP contribution in [0.4, 0.5) is 0 Å². The highest BCUT2D eigenvalue weighted by Gasteiger charge is 2.21. The van der Waals surface area contributed by atoms with Crippen LogP contribution >= 0.6 is 0 Å². The molecule has 110 valence electrons. The number of benzene rings is 1. The van der Waals surface area contributed by atoms with E-state index in [1.165, 1.54) is 17.7 Å². The summed E-state index contributed by atoms with van der Waals surface area (Å²) in [5, 5.41) is 3.44. The van der Waals surface area contributed by atoms with Crippen LogP contribution in [0.25, 0.3) is 0 Å². The van der Waals surface area contributed by atoms with Crippen LogP contribution in [0.15, 0.2) is 18.2 Å². The summed E-state index contributed by atoms with van der Waals surface area (Å²) >= 11 is 0. The molecule has 5 heteroatoms. The number of carbonyl (C=O) groups is 1. The normalized spacial score (nSPS) is 13.9. The third-order valence-electron chi connectivity index (χ3n) is 3.28. The molecule has 0 aromatic heterocycles. The van der Waals surface area contributed by atoms with Crippen LogP contribution in [0.5, 0.6) is 11.5 Å².